The van der Waals surface area contributed by atoms with E-state index in [1.54, 1.807) is 36.4 Å². The van der Waals surface area contributed by atoms with E-state index in [1.807, 2.05) is 37.3 Å². The number of nitrogens with zero attached hydrogens (tertiary/aromatic N) is 1. The molecule has 1 aromatic heterocycles. The number of ether oxygens (including phenoxy) is 2. The minimum absolute atomic E-state index is 0.144. The lowest BCUT2D eigenvalue weighted by atomic mass is 10.2. The zero-order chi connectivity index (χ0) is 23.2. The second-order valence-electron chi connectivity index (χ2n) is 7.05. The molecule has 168 valence electrons. The summed E-state index contributed by atoms with van der Waals surface area (Å²) in [7, 11) is 0. The molecule has 0 atom stereocenters. The number of hydrogen-bond donors (Lipinski definition) is 1. The monoisotopic (exact) mass is 482 g/mol. The first kappa shape index (κ1) is 22.7. The molecule has 0 saturated carbocycles. The first-order valence-electron chi connectivity index (χ1n) is 10.2. The molecule has 33 heavy (non-hydrogen) atoms. The highest BCUT2D eigenvalue weighted by molar-refractivity contribution is 6.31. The number of carbonyl (C=O) groups excluding carboxylic acids is 1. The van der Waals surface area contributed by atoms with Gasteiger partial charge in [-0.1, -0.05) is 35.3 Å². The molecule has 0 unspecified atom stereocenters. The van der Waals surface area contributed by atoms with Gasteiger partial charge in [-0.25, -0.2) is 5.43 Å². The molecule has 1 amide bonds. The number of benzene rings is 3. The molecule has 0 aliphatic heterocycles. The zero-order valence-electron chi connectivity index (χ0n) is 17.7. The first-order valence-corrected chi connectivity index (χ1v) is 10.9. The average molecular weight is 483 g/mol. The second kappa shape index (κ2) is 10.4. The van der Waals surface area contributed by atoms with Gasteiger partial charge >= 0.3 is 5.91 Å². The van der Waals surface area contributed by atoms with Crippen molar-refractivity contribution >= 4 is 46.3 Å². The van der Waals surface area contributed by atoms with E-state index < -0.39 is 5.91 Å². The summed E-state index contributed by atoms with van der Waals surface area (Å²) >= 11 is 11.9. The minimum atomic E-state index is -0.466. The third-order valence-electron chi connectivity index (χ3n) is 4.66. The molecule has 0 aliphatic carbocycles. The molecule has 1 N–H and O–H groups in total. The zero-order valence-corrected chi connectivity index (χ0v) is 19.2. The Labute approximate surface area is 200 Å². The van der Waals surface area contributed by atoms with E-state index in [0.29, 0.717) is 40.3 Å². The predicted octanol–water partition coefficient (Wildman–Crippen LogP) is 6.48. The fourth-order valence-electron chi connectivity index (χ4n) is 3.08. The van der Waals surface area contributed by atoms with Crippen LogP contribution in [0.15, 0.2) is 76.2 Å². The fourth-order valence-corrected chi connectivity index (χ4v) is 3.39. The number of hydrogen-bond acceptors (Lipinski definition) is 5. The predicted molar refractivity (Wildman–Crippen MR) is 130 cm³/mol. The molecule has 0 spiro atoms. The van der Waals surface area contributed by atoms with Gasteiger partial charge in [-0.2, -0.15) is 5.10 Å². The number of fused-ring (bicyclic) bond motifs is 1. The van der Waals surface area contributed by atoms with Crippen molar-refractivity contribution in [2.45, 2.75) is 13.5 Å². The highest BCUT2D eigenvalue weighted by Crippen LogP contribution is 2.29. The van der Waals surface area contributed by atoms with Crippen LogP contribution >= 0.6 is 23.2 Å². The van der Waals surface area contributed by atoms with E-state index in [2.05, 4.69) is 10.5 Å². The maximum absolute atomic E-state index is 12.3. The Morgan fingerprint density at radius 2 is 1.76 bits per heavy atom. The molecule has 0 bridgehead atoms. The van der Waals surface area contributed by atoms with Gasteiger partial charge in [0.1, 0.15) is 12.2 Å². The maximum Gasteiger partial charge on any atom is 0.307 e. The van der Waals surface area contributed by atoms with Gasteiger partial charge in [0, 0.05) is 15.4 Å². The van der Waals surface area contributed by atoms with Crippen molar-refractivity contribution in [2.75, 3.05) is 6.61 Å². The van der Waals surface area contributed by atoms with Crippen LogP contribution in [0.1, 0.15) is 28.6 Å². The lowest BCUT2D eigenvalue weighted by molar-refractivity contribution is 0.0929. The van der Waals surface area contributed by atoms with E-state index in [0.717, 1.165) is 16.5 Å². The topological polar surface area (TPSA) is 73.1 Å². The number of halogens is 2. The Morgan fingerprint density at radius 1 is 0.970 bits per heavy atom. The highest BCUT2D eigenvalue weighted by atomic mass is 35.5. The lowest BCUT2D eigenvalue weighted by Crippen LogP contribution is -2.16. The van der Waals surface area contributed by atoms with Crippen LogP contribution in [0, 0.1) is 0 Å². The molecule has 0 aliphatic rings. The number of rotatable bonds is 8. The number of carbonyl (C=O) groups is 1. The molecule has 1 heterocycles. The van der Waals surface area contributed by atoms with Gasteiger partial charge in [0.05, 0.1) is 12.8 Å². The average Bonchev–Trinajstić information content (AvgIpc) is 3.23. The fraction of sp³-hybridized carbons (Fsp3) is 0.120. The molecule has 6 nitrogen and oxygen atoms in total. The summed E-state index contributed by atoms with van der Waals surface area (Å²) in [4.78, 5) is 12.3. The smallest absolute Gasteiger partial charge is 0.307 e. The van der Waals surface area contributed by atoms with Gasteiger partial charge in [-0.05, 0) is 72.6 Å². The Balaban J connectivity index is 1.41. The molecule has 0 saturated heterocycles. The van der Waals surface area contributed by atoms with E-state index in [4.69, 9.17) is 37.1 Å². The van der Waals surface area contributed by atoms with Gasteiger partial charge in [0.25, 0.3) is 0 Å². The van der Waals surface area contributed by atoms with Gasteiger partial charge in [0.2, 0.25) is 0 Å². The molecular weight excluding hydrogens is 463 g/mol. The van der Waals surface area contributed by atoms with Gasteiger partial charge < -0.3 is 13.9 Å². The summed E-state index contributed by atoms with van der Waals surface area (Å²) < 4.78 is 17.1. The van der Waals surface area contributed by atoms with E-state index in [9.17, 15) is 4.79 Å². The van der Waals surface area contributed by atoms with E-state index in [-0.39, 0.29) is 5.76 Å². The number of furan rings is 1. The molecule has 4 rings (SSSR count). The highest BCUT2D eigenvalue weighted by Gasteiger charge is 2.12. The van der Waals surface area contributed by atoms with Crippen LogP contribution in [0.2, 0.25) is 10.0 Å². The van der Waals surface area contributed by atoms with Crippen LogP contribution in [-0.2, 0) is 6.61 Å². The van der Waals surface area contributed by atoms with E-state index in [1.165, 1.54) is 6.21 Å². The van der Waals surface area contributed by atoms with Gasteiger partial charge in [-0.3, -0.25) is 4.79 Å². The Bertz CT molecular complexity index is 1300. The Kier molecular flexibility index (Phi) is 7.17. The number of hydrazone groups is 1. The summed E-state index contributed by atoms with van der Waals surface area (Å²) in [5, 5.41) is 6.01. The van der Waals surface area contributed by atoms with Crippen LogP contribution in [0.3, 0.4) is 0 Å². The van der Waals surface area contributed by atoms with E-state index >= 15 is 0 Å². The van der Waals surface area contributed by atoms with Crippen molar-refractivity contribution in [1.82, 2.24) is 5.43 Å². The SMILES string of the molecule is CCOc1cc(/C=N/NC(=O)c2cc3cc(Cl)ccc3o2)ccc1OCc1ccc(Cl)cc1. The maximum atomic E-state index is 12.3. The van der Waals surface area contributed by atoms with Crippen molar-refractivity contribution in [3.8, 4) is 11.5 Å². The minimum Gasteiger partial charge on any atom is -0.490 e. The molecule has 0 radical (unpaired) electrons. The van der Waals surface area contributed by atoms with Crippen LogP contribution in [0.5, 0.6) is 11.5 Å². The van der Waals surface area contributed by atoms with Crippen molar-refractivity contribution in [2.24, 2.45) is 5.10 Å². The summed E-state index contributed by atoms with van der Waals surface area (Å²) in [6.07, 6.45) is 1.52. The summed E-state index contributed by atoms with van der Waals surface area (Å²) in [6.45, 7) is 2.75. The van der Waals surface area contributed by atoms with Crippen molar-refractivity contribution in [3.63, 3.8) is 0 Å². The molecule has 4 aromatic rings. The quantitative estimate of drug-likeness (QED) is 0.230. The summed E-state index contributed by atoms with van der Waals surface area (Å²) in [5.41, 5.74) is 4.75. The van der Waals surface area contributed by atoms with Crippen LogP contribution in [-0.4, -0.2) is 18.7 Å². The normalized spacial score (nSPS) is 11.1. The van der Waals surface area contributed by atoms with Crippen molar-refractivity contribution in [3.05, 3.63) is 93.7 Å². The molecule has 3 aromatic carbocycles. The van der Waals surface area contributed by atoms with Gasteiger partial charge in [0.15, 0.2) is 17.3 Å². The first-order chi connectivity index (χ1) is 16.0. The second-order valence-corrected chi connectivity index (χ2v) is 7.92. The largest absolute Gasteiger partial charge is 0.490 e. The van der Waals surface area contributed by atoms with Crippen molar-refractivity contribution < 1.29 is 18.7 Å². The third-order valence-corrected chi connectivity index (χ3v) is 5.14. The van der Waals surface area contributed by atoms with Crippen LogP contribution in [0.25, 0.3) is 11.0 Å². The molecule has 0 fully saturated rings. The molecular formula is C25H20Cl2N2O4. The van der Waals surface area contributed by atoms with Gasteiger partial charge in [-0.15, -0.1) is 0 Å². The summed E-state index contributed by atoms with van der Waals surface area (Å²) in [5.74, 6) is 0.863. The summed E-state index contributed by atoms with van der Waals surface area (Å²) in [6, 6.07) is 19.6. The van der Waals surface area contributed by atoms with Crippen molar-refractivity contribution in [1.29, 1.82) is 0 Å². The van der Waals surface area contributed by atoms with Crippen LogP contribution < -0.4 is 14.9 Å². The Hall–Kier alpha value is -3.48. The van der Waals surface area contributed by atoms with Crippen LogP contribution in [0.4, 0.5) is 0 Å². The third kappa shape index (κ3) is 5.86. The Morgan fingerprint density at radius 3 is 2.55 bits per heavy atom. The number of amides is 1. The number of nitrogens with one attached hydrogen (secondary N) is 1. The standard InChI is InChI=1S/C25H20Cl2N2O4/c1-2-31-23-11-17(5-9-22(23)32-15-16-3-6-19(26)7-4-16)14-28-29-25(30)24-13-18-12-20(27)8-10-21(18)33-24/h3-14H,2,15H2,1H3,(H,29,30)/b28-14+. The lowest BCUT2D eigenvalue weighted by Gasteiger charge is -2.12. The molecule has 8 heteroatoms.